The summed E-state index contributed by atoms with van der Waals surface area (Å²) < 4.78 is 13.0. The number of piperazine rings is 1. The van der Waals surface area contributed by atoms with Crippen molar-refractivity contribution >= 4 is 41.5 Å². The number of fused-ring (bicyclic) bond motifs is 3. The van der Waals surface area contributed by atoms with E-state index in [1.54, 1.807) is 65.8 Å². The number of anilines is 2. The van der Waals surface area contributed by atoms with Gasteiger partial charge in [-0.3, -0.25) is 19.3 Å². The number of carbonyl (C=O) groups excluding carboxylic acids is 5. The normalized spacial score (nSPS) is 22.6. The maximum absolute atomic E-state index is 16.9. The molecule has 6 aromatic rings. The van der Waals surface area contributed by atoms with Gasteiger partial charge in [-0.1, -0.05) is 121 Å². The first kappa shape index (κ1) is 48.1. The molecule has 7 atom stereocenters. The molecule has 0 radical (unpaired) electrons. The topological polar surface area (TPSA) is 213 Å². The van der Waals surface area contributed by atoms with E-state index in [0.29, 0.717) is 35.7 Å². The number of hydrogen-bond acceptors (Lipinski definition) is 12. The highest BCUT2D eigenvalue weighted by molar-refractivity contribution is 6.24. The van der Waals surface area contributed by atoms with Crippen molar-refractivity contribution in [1.29, 1.82) is 0 Å². The number of aromatic nitrogens is 2. The van der Waals surface area contributed by atoms with Gasteiger partial charge in [0.15, 0.2) is 0 Å². The summed E-state index contributed by atoms with van der Waals surface area (Å²) in [5.41, 5.74) is 6.69. The monoisotopic (exact) mass is 979 g/mol. The molecule has 5 aromatic carbocycles. The van der Waals surface area contributed by atoms with Gasteiger partial charge in [-0.25, -0.2) is 24.5 Å². The number of ether oxygens (including phenoxy) is 2. The van der Waals surface area contributed by atoms with Crippen molar-refractivity contribution in [2.45, 2.75) is 42.6 Å². The van der Waals surface area contributed by atoms with Crippen molar-refractivity contribution in [2.75, 3.05) is 55.7 Å². The molecule has 0 bridgehead atoms. The Hall–Kier alpha value is -8.59. The summed E-state index contributed by atoms with van der Waals surface area (Å²) in [5, 5.41) is 15.7. The number of imide groups is 1. The molecule has 4 aliphatic rings. The van der Waals surface area contributed by atoms with Gasteiger partial charge in [0, 0.05) is 49.7 Å². The quantitative estimate of drug-likeness (QED) is 0.0956. The molecule has 0 unspecified atom stereocenters. The van der Waals surface area contributed by atoms with E-state index in [0.717, 1.165) is 16.0 Å². The van der Waals surface area contributed by atoms with E-state index >= 15 is 19.2 Å². The number of aliphatic hydroxyl groups excluding tert-OH is 1. The van der Waals surface area contributed by atoms with Gasteiger partial charge in [-0.2, -0.15) is 0 Å². The number of carbonyl (C=O) groups is 5. The predicted octanol–water partition coefficient (Wildman–Crippen LogP) is 5.35. The second-order valence-corrected chi connectivity index (χ2v) is 18.2. The highest BCUT2D eigenvalue weighted by Gasteiger charge is 2.76. The Morgan fingerprint density at radius 1 is 0.836 bits per heavy atom. The summed E-state index contributed by atoms with van der Waals surface area (Å²) in [7, 11) is 0. The van der Waals surface area contributed by atoms with Crippen LogP contribution in [0.5, 0.6) is 5.75 Å². The number of para-hydroxylation sites is 1. The number of rotatable bonds is 11. The number of nitrogens with zero attached hydrogens (tertiary/aromatic N) is 6. The summed E-state index contributed by atoms with van der Waals surface area (Å²) in [4.78, 5) is 91.5. The molecule has 4 aliphatic heterocycles. The third-order valence-corrected chi connectivity index (χ3v) is 14.1. The van der Waals surface area contributed by atoms with Crippen LogP contribution in [0.1, 0.15) is 64.5 Å². The summed E-state index contributed by atoms with van der Waals surface area (Å²) in [5.74, 6) is 3.23. The van der Waals surface area contributed by atoms with E-state index in [4.69, 9.17) is 15.2 Å². The summed E-state index contributed by atoms with van der Waals surface area (Å²) in [6.07, 6.45) is 2.34. The minimum Gasteiger partial charge on any atom is -0.491 e. The van der Waals surface area contributed by atoms with E-state index in [9.17, 15) is 9.90 Å². The number of amides is 6. The molecule has 6 amide bonds. The van der Waals surface area contributed by atoms with Crippen LogP contribution in [0.3, 0.4) is 0 Å². The molecular weight excluding hydrogens is 927 g/mol. The minimum absolute atomic E-state index is 0.0942. The van der Waals surface area contributed by atoms with Gasteiger partial charge in [0.1, 0.15) is 29.9 Å². The van der Waals surface area contributed by atoms with Gasteiger partial charge in [0.2, 0.25) is 17.8 Å². The fourth-order valence-electron chi connectivity index (χ4n) is 11.1. The molecule has 3 fully saturated rings. The first-order chi connectivity index (χ1) is 35.6. The Balaban J connectivity index is 1.25. The molecule has 5 heterocycles. The average molecular weight is 980 g/mol. The number of urea groups is 2. The molecule has 17 heteroatoms. The van der Waals surface area contributed by atoms with Crippen molar-refractivity contribution in [3.63, 3.8) is 0 Å². The zero-order valence-electron chi connectivity index (χ0n) is 39.9. The number of esters is 1. The van der Waals surface area contributed by atoms with Crippen LogP contribution in [-0.2, 0) is 24.5 Å². The Kier molecular flexibility index (Phi) is 13.6. The standard InChI is InChI=1S/C56H53N9O8/c1-36(38-16-5-2-6-17-38)61-55(71)64-43-25-24-37(15-13-26-58-53(57)70)35-42(43)56(52(64)69)45(50(67)62-29-31-63(32-30-62)54-59-27-14-28-60-54)47-51(68)73-48(40-20-9-4-10-21-40)46(39-18-7-3-8-19-39)65(47)49(56)41-22-11-12-23-44(41)72-34-33-66/h2-12,14,16-25,27-28,35-36,45-49,66H,26,29-34H2,1H3,(H,61,71)(H3,57,58,70)/t36-,45+,46+,47+,48-,49-,56+/m1/s1. The number of nitrogens with two attached hydrogens (primary N) is 1. The smallest absolute Gasteiger partial charge is 0.329 e. The Labute approximate surface area is 421 Å². The molecule has 0 saturated carbocycles. The van der Waals surface area contributed by atoms with Gasteiger partial charge in [0.05, 0.1) is 42.9 Å². The van der Waals surface area contributed by atoms with Crippen LogP contribution in [0.2, 0.25) is 0 Å². The van der Waals surface area contributed by atoms with E-state index in [1.807, 2.05) is 108 Å². The van der Waals surface area contributed by atoms with Crippen LogP contribution in [-0.4, -0.2) is 107 Å². The number of primary amides is 1. The lowest BCUT2D eigenvalue weighted by Crippen LogP contribution is -2.59. The zero-order chi connectivity index (χ0) is 50.6. The molecule has 1 spiro atoms. The predicted molar refractivity (Wildman–Crippen MR) is 270 cm³/mol. The molecule has 1 aromatic heterocycles. The molecule has 10 rings (SSSR count). The van der Waals surface area contributed by atoms with Crippen LogP contribution in [0.15, 0.2) is 152 Å². The lowest BCUT2D eigenvalue weighted by molar-refractivity contribution is -0.179. The lowest BCUT2D eigenvalue weighted by atomic mass is 9.64. The van der Waals surface area contributed by atoms with Crippen LogP contribution in [0.4, 0.5) is 21.2 Å². The third-order valence-electron chi connectivity index (χ3n) is 14.1. The number of hydrogen-bond donors (Lipinski definition) is 4. The van der Waals surface area contributed by atoms with E-state index in [-0.39, 0.29) is 49.8 Å². The van der Waals surface area contributed by atoms with Gasteiger partial charge >= 0.3 is 18.0 Å². The molecule has 0 aliphatic carbocycles. The van der Waals surface area contributed by atoms with Gasteiger partial charge < -0.3 is 40.7 Å². The Morgan fingerprint density at radius 3 is 2.18 bits per heavy atom. The maximum Gasteiger partial charge on any atom is 0.329 e. The third kappa shape index (κ3) is 8.85. The van der Waals surface area contributed by atoms with E-state index in [1.165, 1.54) is 0 Å². The fourth-order valence-corrected chi connectivity index (χ4v) is 11.1. The molecular formula is C56H53N9O8. The largest absolute Gasteiger partial charge is 0.491 e. The molecule has 3 saturated heterocycles. The Morgan fingerprint density at radius 2 is 1.49 bits per heavy atom. The Bertz CT molecular complexity index is 3080. The van der Waals surface area contributed by atoms with Crippen LogP contribution in [0, 0.1) is 17.8 Å². The number of cyclic esters (lactones) is 1. The van der Waals surface area contributed by atoms with Crippen molar-refractivity contribution in [3.8, 4) is 17.6 Å². The maximum atomic E-state index is 16.9. The van der Waals surface area contributed by atoms with Gasteiger partial charge in [-0.15, -0.1) is 0 Å². The molecule has 73 heavy (non-hydrogen) atoms. The van der Waals surface area contributed by atoms with Crippen LogP contribution in [0.25, 0.3) is 0 Å². The lowest BCUT2D eigenvalue weighted by Gasteiger charge is -2.46. The second kappa shape index (κ2) is 20.6. The van der Waals surface area contributed by atoms with Crippen LogP contribution >= 0.6 is 0 Å². The van der Waals surface area contributed by atoms with Crippen molar-refractivity contribution in [3.05, 3.63) is 185 Å². The first-order valence-electron chi connectivity index (χ1n) is 24.2. The summed E-state index contributed by atoms with van der Waals surface area (Å²) in [6, 6.07) is 36.3. The van der Waals surface area contributed by atoms with E-state index < -0.39 is 71.5 Å². The first-order valence-corrected chi connectivity index (χ1v) is 24.2. The summed E-state index contributed by atoms with van der Waals surface area (Å²) >= 11 is 0. The van der Waals surface area contributed by atoms with Gasteiger partial charge in [-0.05, 0) is 59.5 Å². The van der Waals surface area contributed by atoms with Crippen LogP contribution < -0.4 is 30.9 Å². The highest BCUT2D eigenvalue weighted by atomic mass is 16.6. The highest BCUT2D eigenvalue weighted by Crippen LogP contribution is 2.67. The van der Waals surface area contributed by atoms with Crippen molar-refractivity contribution in [1.82, 2.24) is 30.4 Å². The molecule has 5 N–H and O–H groups in total. The number of benzene rings is 5. The second-order valence-electron chi connectivity index (χ2n) is 18.2. The summed E-state index contributed by atoms with van der Waals surface area (Å²) in [6.45, 7) is 2.30. The molecule has 370 valence electrons. The fraction of sp³-hybridized carbons (Fsp3) is 0.268. The number of nitrogens with one attached hydrogen (secondary N) is 2. The van der Waals surface area contributed by atoms with Gasteiger partial charge in [0.25, 0.3) is 0 Å². The van der Waals surface area contributed by atoms with Crippen molar-refractivity contribution in [2.24, 2.45) is 11.7 Å². The minimum atomic E-state index is -2.11. The molecule has 17 nitrogen and oxygen atoms in total. The number of morpholine rings is 1. The van der Waals surface area contributed by atoms with E-state index in [2.05, 4.69) is 32.4 Å². The average Bonchev–Trinajstić information content (AvgIpc) is 3.88. The zero-order valence-corrected chi connectivity index (χ0v) is 39.9. The SMILES string of the molecule is C[C@@H](NC(=O)N1C(=O)[C@@]2(c3cc(C#CCNC(N)=O)ccc31)[C@H](C(=O)N1CCN(c3ncccn3)CC1)[C@H]1C(=O)O[C@H](c3ccccc3)[C@H](c3ccccc3)N1[C@@H]2c1ccccc1OCCO)c1ccccc1. The number of aliphatic hydroxyl groups is 1. The van der Waals surface area contributed by atoms with Crippen molar-refractivity contribution < 1.29 is 38.6 Å².